The Kier molecular flexibility index (Phi) is 7.38. The number of piperidine rings is 1. The molecule has 0 spiro atoms. The Hall–Kier alpha value is -1.69. The molecule has 6 heteroatoms. The first-order valence-corrected chi connectivity index (χ1v) is 10.2. The van der Waals surface area contributed by atoms with Gasteiger partial charge in [-0.25, -0.2) is 4.79 Å². The van der Waals surface area contributed by atoms with Gasteiger partial charge in [0.25, 0.3) is 0 Å². The maximum absolute atomic E-state index is 12.4. The van der Waals surface area contributed by atoms with Gasteiger partial charge in [0.15, 0.2) is 0 Å². The number of carbonyl (C=O) groups is 2. The Morgan fingerprint density at radius 3 is 2.31 bits per heavy atom. The highest BCUT2D eigenvalue weighted by Crippen LogP contribution is 2.25. The second-order valence-corrected chi connectivity index (χ2v) is 8.65. The van der Waals surface area contributed by atoms with Crippen molar-refractivity contribution in [1.82, 2.24) is 4.90 Å². The zero-order valence-corrected chi connectivity index (χ0v) is 16.9. The molecule has 1 heterocycles. The number of esters is 1. The van der Waals surface area contributed by atoms with Crippen LogP contribution in [0.5, 0.6) is 5.75 Å². The molecule has 1 saturated heterocycles. The molecule has 5 nitrogen and oxygen atoms in total. The molecular formula is C20H29NO4S. The van der Waals surface area contributed by atoms with Gasteiger partial charge in [-0.1, -0.05) is 6.92 Å². The van der Waals surface area contributed by atoms with E-state index in [1.165, 1.54) is 4.90 Å². The summed E-state index contributed by atoms with van der Waals surface area (Å²) in [4.78, 5) is 27.3. The summed E-state index contributed by atoms with van der Waals surface area (Å²) in [6.45, 7) is 8.73. The standard InChI is InChI=1S/C20H29NO4S/c1-5-14-26-17-8-6-16(7-9-17)24-18(22)15-10-12-21(13-11-15)19(23)25-20(2,3)4/h6-9,15H,5,10-14H2,1-4H3. The lowest BCUT2D eigenvalue weighted by atomic mass is 9.97. The lowest BCUT2D eigenvalue weighted by Crippen LogP contribution is -2.43. The van der Waals surface area contributed by atoms with Crippen LogP contribution >= 0.6 is 11.8 Å². The first kappa shape index (κ1) is 20.6. The predicted molar refractivity (Wildman–Crippen MR) is 104 cm³/mol. The lowest BCUT2D eigenvalue weighted by Gasteiger charge is -2.32. The lowest BCUT2D eigenvalue weighted by molar-refractivity contribution is -0.140. The molecule has 1 aromatic carbocycles. The molecule has 0 aromatic heterocycles. The van der Waals surface area contributed by atoms with Crippen molar-refractivity contribution in [3.05, 3.63) is 24.3 Å². The number of thioether (sulfide) groups is 1. The average Bonchev–Trinajstić information content (AvgIpc) is 2.60. The van der Waals surface area contributed by atoms with Crippen molar-refractivity contribution in [2.75, 3.05) is 18.8 Å². The van der Waals surface area contributed by atoms with Crippen LogP contribution in [-0.2, 0) is 9.53 Å². The molecule has 0 radical (unpaired) electrons. The normalized spacial score (nSPS) is 15.6. The number of benzene rings is 1. The third-order valence-electron chi connectivity index (χ3n) is 4.00. The Balaban J connectivity index is 1.80. The minimum atomic E-state index is -0.506. The van der Waals surface area contributed by atoms with E-state index in [2.05, 4.69) is 6.92 Å². The van der Waals surface area contributed by atoms with Crippen molar-refractivity contribution in [3.63, 3.8) is 0 Å². The zero-order valence-electron chi connectivity index (χ0n) is 16.1. The van der Waals surface area contributed by atoms with Crippen LogP contribution < -0.4 is 4.74 Å². The first-order valence-electron chi connectivity index (χ1n) is 9.21. The monoisotopic (exact) mass is 379 g/mol. The fourth-order valence-electron chi connectivity index (χ4n) is 2.65. The van der Waals surface area contributed by atoms with E-state index in [1.807, 2.05) is 45.0 Å². The van der Waals surface area contributed by atoms with Crippen LogP contribution in [0.25, 0.3) is 0 Å². The van der Waals surface area contributed by atoms with Gasteiger partial charge in [0.05, 0.1) is 5.92 Å². The smallest absolute Gasteiger partial charge is 0.410 e. The molecule has 1 aromatic rings. The van der Waals surface area contributed by atoms with Gasteiger partial charge in [0.2, 0.25) is 0 Å². The second-order valence-electron chi connectivity index (χ2n) is 7.48. The van der Waals surface area contributed by atoms with E-state index in [4.69, 9.17) is 9.47 Å². The molecule has 0 N–H and O–H groups in total. The zero-order chi connectivity index (χ0) is 19.2. The fraction of sp³-hybridized carbons (Fsp3) is 0.600. The molecule has 144 valence electrons. The third-order valence-corrected chi connectivity index (χ3v) is 5.21. The van der Waals surface area contributed by atoms with Gasteiger partial charge in [0.1, 0.15) is 11.4 Å². The predicted octanol–water partition coefficient (Wildman–Crippen LogP) is 4.74. The minimum Gasteiger partial charge on any atom is -0.444 e. The van der Waals surface area contributed by atoms with E-state index in [0.717, 1.165) is 12.2 Å². The second kappa shape index (κ2) is 9.31. The summed E-state index contributed by atoms with van der Waals surface area (Å²) in [5.41, 5.74) is -0.506. The topological polar surface area (TPSA) is 55.8 Å². The molecule has 1 fully saturated rings. The summed E-state index contributed by atoms with van der Waals surface area (Å²) < 4.78 is 10.9. The summed E-state index contributed by atoms with van der Waals surface area (Å²) in [6, 6.07) is 7.64. The highest BCUT2D eigenvalue weighted by molar-refractivity contribution is 7.99. The van der Waals surface area contributed by atoms with Gasteiger partial charge in [-0.05, 0) is 70.1 Å². The molecule has 1 aliphatic heterocycles. The Labute approximate surface area is 160 Å². The third kappa shape index (κ3) is 6.56. The largest absolute Gasteiger partial charge is 0.444 e. The van der Waals surface area contributed by atoms with Gasteiger partial charge in [-0.2, -0.15) is 0 Å². The fourth-order valence-corrected chi connectivity index (χ4v) is 3.42. The van der Waals surface area contributed by atoms with Gasteiger partial charge in [-0.3, -0.25) is 4.79 Å². The Morgan fingerprint density at radius 1 is 1.15 bits per heavy atom. The van der Waals surface area contributed by atoms with Crippen LogP contribution in [0.4, 0.5) is 4.79 Å². The van der Waals surface area contributed by atoms with Gasteiger partial charge >= 0.3 is 12.1 Å². The molecule has 2 rings (SSSR count). The number of likely N-dealkylation sites (tertiary alicyclic amines) is 1. The molecule has 0 saturated carbocycles. The maximum atomic E-state index is 12.4. The van der Waals surface area contributed by atoms with Crippen molar-refractivity contribution in [1.29, 1.82) is 0 Å². The summed E-state index contributed by atoms with van der Waals surface area (Å²) >= 11 is 1.79. The molecule has 0 bridgehead atoms. The van der Waals surface area contributed by atoms with E-state index in [0.29, 0.717) is 31.7 Å². The van der Waals surface area contributed by atoms with Crippen molar-refractivity contribution >= 4 is 23.8 Å². The van der Waals surface area contributed by atoms with Crippen LogP contribution in [0.15, 0.2) is 29.2 Å². The van der Waals surface area contributed by atoms with Crippen LogP contribution in [0.1, 0.15) is 47.0 Å². The quantitative estimate of drug-likeness (QED) is 0.420. The van der Waals surface area contributed by atoms with Crippen LogP contribution in [0, 0.1) is 5.92 Å². The summed E-state index contributed by atoms with van der Waals surface area (Å²) in [5.74, 6) is 1.26. The molecule has 0 unspecified atom stereocenters. The van der Waals surface area contributed by atoms with Crippen molar-refractivity contribution in [2.45, 2.75) is 57.5 Å². The highest BCUT2D eigenvalue weighted by Gasteiger charge is 2.30. The minimum absolute atomic E-state index is 0.178. The SMILES string of the molecule is CCCSc1ccc(OC(=O)C2CCN(C(=O)OC(C)(C)C)CC2)cc1. The number of hydrogen-bond donors (Lipinski definition) is 0. The molecule has 26 heavy (non-hydrogen) atoms. The van der Waals surface area contributed by atoms with Gasteiger partial charge in [-0.15, -0.1) is 11.8 Å². The number of carbonyl (C=O) groups excluding carboxylic acids is 2. The summed E-state index contributed by atoms with van der Waals surface area (Å²) in [5, 5.41) is 0. The van der Waals surface area contributed by atoms with E-state index < -0.39 is 5.60 Å². The number of ether oxygens (including phenoxy) is 2. The van der Waals surface area contributed by atoms with Crippen LogP contribution in [0.3, 0.4) is 0 Å². The van der Waals surface area contributed by atoms with Crippen molar-refractivity contribution in [3.8, 4) is 5.75 Å². The van der Waals surface area contributed by atoms with E-state index in [-0.39, 0.29) is 18.0 Å². The Morgan fingerprint density at radius 2 is 1.77 bits per heavy atom. The summed E-state index contributed by atoms with van der Waals surface area (Å²) in [6.07, 6.45) is 2.01. The molecular weight excluding hydrogens is 350 g/mol. The van der Waals surface area contributed by atoms with E-state index in [1.54, 1.807) is 16.7 Å². The molecule has 0 atom stereocenters. The molecule has 1 aliphatic rings. The summed E-state index contributed by atoms with van der Waals surface area (Å²) in [7, 11) is 0. The number of nitrogens with zero attached hydrogens (tertiary/aromatic N) is 1. The van der Waals surface area contributed by atoms with Crippen LogP contribution in [0.2, 0.25) is 0 Å². The van der Waals surface area contributed by atoms with E-state index >= 15 is 0 Å². The number of hydrogen-bond acceptors (Lipinski definition) is 5. The average molecular weight is 380 g/mol. The highest BCUT2D eigenvalue weighted by atomic mass is 32.2. The van der Waals surface area contributed by atoms with Crippen LogP contribution in [-0.4, -0.2) is 41.4 Å². The van der Waals surface area contributed by atoms with Gasteiger partial charge in [0, 0.05) is 18.0 Å². The van der Waals surface area contributed by atoms with Crippen molar-refractivity contribution < 1.29 is 19.1 Å². The van der Waals surface area contributed by atoms with E-state index in [9.17, 15) is 9.59 Å². The van der Waals surface area contributed by atoms with Crippen molar-refractivity contribution in [2.24, 2.45) is 5.92 Å². The van der Waals surface area contributed by atoms with Gasteiger partial charge < -0.3 is 14.4 Å². The first-order chi connectivity index (χ1) is 12.3. The Bertz CT molecular complexity index is 601. The molecule has 0 aliphatic carbocycles. The number of rotatable bonds is 5. The number of amides is 1. The maximum Gasteiger partial charge on any atom is 0.410 e. The molecule has 1 amide bonds.